The molecule has 0 fully saturated rings. The molecule has 118 valence electrons. The number of halogens is 2. The first-order valence-electron chi connectivity index (χ1n) is 5.76. The Kier molecular flexibility index (Phi) is 5.06. The van der Waals surface area contributed by atoms with Crippen LogP contribution in [0.15, 0.2) is 17.0 Å². The normalized spacial score (nSPS) is 11.9. The summed E-state index contributed by atoms with van der Waals surface area (Å²) in [6.45, 7) is 5.02. The van der Waals surface area contributed by atoms with E-state index in [0.717, 1.165) is 19.2 Å². The molecular weight excluding hydrogens is 325 g/mol. The molecule has 9 heteroatoms. The monoisotopic (exact) mass is 339 g/mol. The van der Waals surface area contributed by atoms with Crippen LogP contribution in [0.4, 0.5) is 14.4 Å². The zero-order valence-electron chi connectivity index (χ0n) is 11.9. The van der Waals surface area contributed by atoms with Crippen molar-refractivity contribution in [3.8, 4) is 5.75 Å². The Labute approximate surface area is 127 Å². The van der Waals surface area contributed by atoms with Gasteiger partial charge in [-0.25, -0.2) is 4.79 Å². The van der Waals surface area contributed by atoms with Crippen molar-refractivity contribution < 1.29 is 26.6 Å². The zero-order chi connectivity index (χ0) is 16.4. The predicted molar refractivity (Wildman–Crippen MR) is 76.2 cm³/mol. The third-order valence-corrected chi connectivity index (χ3v) is 3.31. The number of methoxy groups -OCH3 is 1. The maximum atomic E-state index is 13.1. The fourth-order valence-electron chi connectivity index (χ4n) is 1.39. The van der Waals surface area contributed by atoms with Crippen molar-refractivity contribution in [1.29, 1.82) is 0 Å². The maximum absolute atomic E-state index is 13.1. The summed E-state index contributed by atoms with van der Waals surface area (Å²) in [5.41, 5.74) is -0.682. The number of carbonyl (C=O) groups is 1. The predicted octanol–water partition coefficient (Wildman–Crippen LogP) is 3.35. The molecule has 0 spiro atoms. The number of hydrogen-bond donors (Lipinski definition) is 1. The quantitative estimate of drug-likeness (QED) is 0.854. The molecule has 0 radical (unpaired) electrons. The van der Waals surface area contributed by atoms with E-state index in [1.54, 1.807) is 20.8 Å². The Hall–Kier alpha value is -1.54. The van der Waals surface area contributed by atoms with E-state index in [4.69, 9.17) is 21.1 Å². The van der Waals surface area contributed by atoms with E-state index in [2.05, 4.69) is 5.32 Å². The summed E-state index contributed by atoms with van der Waals surface area (Å²) in [5.74, 6) is -0.284. The van der Waals surface area contributed by atoms with Gasteiger partial charge in [-0.2, -0.15) is 8.42 Å². The number of benzene rings is 1. The standard InChI is InChI=1S/C12H15ClFNO5S/c1-12(2,3)20-11(16)15-8-6-9(19-4)10(5-7(8)13)21(14,17)18/h5-6H,1-4H3,(H,15,16). The first-order chi connectivity index (χ1) is 9.44. The van der Waals surface area contributed by atoms with Crippen LogP contribution in [-0.2, 0) is 15.0 Å². The second-order valence-corrected chi connectivity index (χ2v) is 6.77. The Morgan fingerprint density at radius 1 is 1.33 bits per heavy atom. The Bertz CT molecular complexity index is 654. The minimum Gasteiger partial charge on any atom is -0.495 e. The van der Waals surface area contributed by atoms with Gasteiger partial charge in [-0.3, -0.25) is 5.32 Å². The van der Waals surface area contributed by atoms with E-state index < -0.39 is 26.8 Å². The molecule has 0 aliphatic heterocycles. The molecule has 1 aromatic carbocycles. The van der Waals surface area contributed by atoms with Crippen LogP contribution >= 0.6 is 11.6 Å². The van der Waals surface area contributed by atoms with Gasteiger partial charge in [0.2, 0.25) is 0 Å². The lowest BCUT2D eigenvalue weighted by atomic mass is 10.2. The second-order valence-electron chi connectivity index (χ2n) is 5.05. The van der Waals surface area contributed by atoms with E-state index in [0.29, 0.717) is 0 Å². The van der Waals surface area contributed by atoms with Gasteiger partial charge >= 0.3 is 16.3 Å². The van der Waals surface area contributed by atoms with Crippen LogP contribution in [0.25, 0.3) is 0 Å². The van der Waals surface area contributed by atoms with Crippen LogP contribution in [0.5, 0.6) is 5.75 Å². The molecule has 1 N–H and O–H groups in total. The van der Waals surface area contributed by atoms with Crippen LogP contribution in [0, 0.1) is 0 Å². The third kappa shape index (κ3) is 5.05. The van der Waals surface area contributed by atoms with Crippen molar-refractivity contribution in [3.05, 3.63) is 17.2 Å². The Morgan fingerprint density at radius 2 is 1.90 bits per heavy atom. The molecule has 0 bridgehead atoms. The number of carbonyl (C=O) groups excluding carboxylic acids is 1. The van der Waals surface area contributed by atoms with Crippen molar-refractivity contribution >= 4 is 33.6 Å². The molecule has 0 atom stereocenters. The van der Waals surface area contributed by atoms with E-state index in [1.165, 1.54) is 0 Å². The second kappa shape index (κ2) is 6.07. The lowest BCUT2D eigenvalue weighted by Crippen LogP contribution is -2.27. The van der Waals surface area contributed by atoms with E-state index in [9.17, 15) is 17.1 Å². The Balaban J connectivity index is 3.14. The highest BCUT2D eigenvalue weighted by molar-refractivity contribution is 7.86. The van der Waals surface area contributed by atoms with Crippen LogP contribution in [-0.4, -0.2) is 27.2 Å². The van der Waals surface area contributed by atoms with Crippen molar-refractivity contribution in [2.75, 3.05) is 12.4 Å². The summed E-state index contributed by atoms with van der Waals surface area (Å²) < 4.78 is 44.8. The maximum Gasteiger partial charge on any atom is 0.412 e. The first kappa shape index (κ1) is 17.5. The fraction of sp³-hybridized carbons (Fsp3) is 0.417. The number of nitrogens with one attached hydrogen (secondary N) is 1. The number of anilines is 1. The van der Waals surface area contributed by atoms with Gasteiger partial charge < -0.3 is 9.47 Å². The number of ether oxygens (including phenoxy) is 2. The summed E-state index contributed by atoms with van der Waals surface area (Å²) in [5, 5.41) is 2.16. The van der Waals surface area contributed by atoms with Gasteiger partial charge in [0.05, 0.1) is 17.8 Å². The molecule has 6 nitrogen and oxygen atoms in total. The van der Waals surface area contributed by atoms with Gasteiger partial charge in [0, 0.05) is 6.07 Å². The van der Waals surface area contributed by atoms with Crippen molar-refractivity contribution in [3.63, 3.8) is 0 Å². The number of rotatable bonds is 3. The highest BCUT2D eigenvalue weighted by Gasteiger charge is 2.23. The lowest BCUT2D eigenvalue weighted by Gasteiger charge is -2.20. The molecule has 0 saturated heterocycles. The van der Waals surface area contributed by atoms with E-state index in [1.807, 2.05) is 0 Å². The molecule has 1 rings (SSSR count). The van der Waals surface area contributed by atoms with Gasteiger partial charge in [0.25, 0.3) is 0 Å². The van der Waals surface area contributed by atoms with Gasteiger partial charge in [-0.15, -0.1) is 3.89 Å². The van der Waals surface area contributed by atoms with Gasteiger partial charge in [-0.1, -0.05) is 11.6 Å². The average molecular weight is 340 g/mol. The summed E-state index contributed by atoms with van der Waals surface area (Å²) in [6, 6.07) is 1.95. The Morgan fingerprint density at radius 3 is 2.33 bits per heavy atom. The van der Waals surface area contributed by atoms with Gasteiger partial charge in [0.15, 0.2) is 0 Å². The smallest absolute Gasteiger partial charge is 0.412 e. The number of hydrogen-bond acceptors (Lipinski definition) is 5. The SMILES string of the molecule is COc1cc(NC(=O)OC(C)(C)C)c(Cl)cc1S(=O)(=O)F. The summed E-state index contributed by atoms with van der Waals surface area (Å²) >= 11 is 5.82. The minimum absolute atomic E-state index is 0.0372. The summed E-state index contributed by atoms with van der Waals surface area (Å²) in [6.07, 6.45) is -0.790. The van der Waals surface area contributed by atoms with E-state index >= 15 is 0 Å². The molecule has 1 aromatic rings. The molecule has 0 heterocycles. The topological polar surface area (TPSA) is 81.7 Å². The van der Waals surface area contributed by atoms with Crippen LogP contribution in [0.3, 0.4) is 0 Å². The molecule has 0 aliphatic carbocycles. The molecule has 0 saturated carbocycles. The van der Waals surface area contributed by atoms with Gasteiger partial charge in [0.1, 0.15) is 16.2 Å². The first-order valence-corrected chi connectivity index (χ1v) is 7.52. The highest BCUT2D eigenvalue weighted by atomic mass is 35.5. The molecule has 21 heavy (non-hydrogen) atoms. The molecule has 0 aliphatic rings. The fourth-order valence-corrected chi connectivity index (χ4v) is 2.31. The third-order valence-electron chi connectivity index (χ3n) is 2.15. The number of amides is 1. The van der Waals surface area contributed by atoms with Gasteiger partial charge in [-0.05, 0) is 26.8 Å². The molecule has 0 aromatic heterocycles. The molecule has 0 unspecified atom stereocenters. The van der Waals surface area contributed by atoms with Crippen LogP contribution in [0.1, 0.15) is 20.8 Å². The van der Waals surface area contributed by atoms with E-state index in [-0.39, 0.29) is 16.5 Å². The largest absolute Gasteiger partial charge is 0.495 e. The van der Waals surface area contributed by atoms with Crippen molar-refractivity contribution in [1.82, 2.24) is 0 Å². The highest BCUT2D eigenvalue weighted by Crippen LogP contribution is 2.34. The molecule has 1 amide bonds. The van der Waals surface area contributed by atoms with Crippen molar-refractivity contribution in [2.45, 2.75) is 31.3 Å². The van der Waals surface area contributed by atoms with Crippen LogP contribution < -0.4 is 10.1 Å². The average Bonchev–Trinajstić information content (AvgIpc) is 2.27. The zero-order valence-corrected chi connectivity index (χ0v) is 13.4. The summed E-state index contributed by atoms with van der Waals surface area (Å²) in [4.78, 5) is 10.9. The minimum atomic E-state index is -5.00. The van der Waals surface area contributed by atoms with Crippen LogP contribution in [0.2, 0.25) is 5.02 Å². The van der Waals surface area contributed by atoms with Crippen molar-refractivity contribution in [2.24, 2.45) is 0 Å². The summed E-state index contributed by atoms with van der Waals surface area (Å²) in [7, 11) is -3.83. The molecular formula is C12H15ClFNO5S. The lowest BCUT2D eigenvalue weighted by molar-refractivity contribution is 0.0636.